The summed E-state index contributed by atoms with van der Waals surface area (Å²) in [7, 11) is 0. The molecule has 6 heteroatoms. The van der Waals surface area contributed by atoms with Crippen molar-refractivity contribution in [2.75, 3.05) is 6.61 Å². The van der Waals surface area contributed by atoms with Crippen LogP contribution in [0.25, 0.3) is 22.0 Å². The van der Waals surface area contributed by atoms with Crippen molar-refractivity contribution in [3.63, 3.8) is 0 Å². The zero-order chi connectivity index (χ0) is 21.1. The Morgan fingerprint density at radius 3 is 2.45 bits per heavy atom. The number of fused-ring (bicyclic) bond motifs is 1. The molecule has 2 aromatic carbocycles. The van der Waals surface area contributed by atoms with E-state index in [0.29, 0.717) is 22.9 Å². The van der Waals surface area contributed by atoms with Gasteiger partial charge in [-0.25, -0.2) is 4.79 Å². The van der Waals surface area contributed by atoms with Crippen LogP contribution in [0.3, 0.4) is 0 Å². The maximum Gasteiger partial charge on any atom is 0.337 e. The molecule has 1 heterocycles. The quantitative estimate of drug-likeness (QED) is 0.529. The molecule has 5 nitrogen and oxygen atoms in total. The smallest absolute Gasteiger partial charge is 0.337 e. The van der Waals surface area contributed by atoms with Crippen LogP contribution in [0.5, 0.6) is 5.75 Å². The fourth-order valence-corrected chi connectivity index (χ4v) is 3.58. The van der Waals surface area contributed by atoms with Crippen LogP contribution in [0.2, 0.25) is 5.02 Å². The van der Waals surface area contributed by atoms with Crippen molar-refractivity contribution in [3.05, 3.63) is 58.7 Å². The maximum absolute atomic E-state index is 12.1. The molecule has 0 amide bonds. The molecule has 1 unspecified atom stereocenters. The number of aromatic nitrogens is 1. The third-order valence-corrected chi connectivity index (χ3v) is 4.76. The highest BCUT2D eigenvalue weighted by Gasteiger charge is 2.29. The van der Waals surface area contributed by atoms with E-state index in [9.17, 15) is 9.90 Å². The number of ether oxygens (including phenoxy) is 2. The lowest BCUT2D eigenvalue weighted by Gasteiger charge is -2.23. The van der Waals surface area contributed by atoms with E-state index in [-0.39, 0.29) is 6.10 Å². The number of aryl methyl sites for hydroxylation is 1. The lowest BCUT2D eigenvalue weighted by Crippen LogP contribution is -2.21. The SMILES string of the molecule is CCOc1ccc(-c2c(C(OC(C)C)C(=O)O)c(C)nc3ccc(Cl)cc23)cc1. The number of hydrogen-bond acceptors (Lipinski definition) is 4. The molecule has 0 radical (unpaired) electrons. The fourth-order valence-electron chi connectivity index (χ4n) is 3.41. The van der Waals surface area contributed by atoms with E-state index >= 15 is 0 Å². The normalized spacial score (nSPS) is 12.3. The minimum Gasteiger partial charge on any atom is -0.494 e. The van der Waals surface area contributed by atoms with Crippen molar-refractivity contribution in [1.82, 2.24) is 4.98 Å². The molecule has 0 aliphatic rings. The van der Waals surface area contributed by atoms with E-state index in [1.54, 1.807) is 13.0 Å². The zero-order valence-corrected chi connectivity index (χ0v) is 17.7. The molecule has 0 aliphatic carbocycles. The molecule has 1 aromatic heterocycles. The number of nitrogens with zero attached hydrogens (tertiary/aromatic N) is 1. The van der Waals surface area contributed by atoms with Crippen LogP contribution in [0.1, 0.15) is 38.1 Å². The van der Waals surface area contributed by atoms with E-state index in [0.717, 1.165) is 27.8 Å². The van der Waals surface area contributed by atoms with E-state index in [1.165, 1.54) is 0 Å². The Labute approximate surface area is 175 Å². The predicted molar refractivity (Wildman–Crippen MR) is 115 cm³/mol. The summed E-state index contributed by atoms with van der Waals surface area (Å²) < 4.78 is 11.3. The van der Waals surface area contributed by atoms with Gasteiger partial charge in [0.15, 0.2) is 6.10 Å². The molecule has 0 bridgehead atoms. The first kappa shape index (κ1) is 21.1. The Balaban J connectivity index is 2.33. The van der Waals surface area contributed by atoms with Gasteiger partial charge in [-0.05, 0) is 69.2 Å². The summed E-state index contributed by atoms with van der Waals surface area (Å²) in [6.07, 6.45) is -1.41. The van der Waals surface area contributed by atoms with Crippen LogP contribution in [0.4, 0.5) is 0 Å². The van der Waals surface area contributed by atoms with Crippen molar-refractivity contribution >= 4 is 28.5 Å². The lowest BCUT2D eigenvalue weighted by molar-refractivity contribution is -0.153. The van der Waals surface area contributed by atoms with Gasteiger partial charge in [-0.15, -0.1) is 0 Å². The monoisotopic (exact) mass is 413 g/mol. The van der Waals surface area contributed by atoms with E-state index in [2.05, 4.69) is 4.98 Å². The average Bonchev–Trinajstić information content (AvgIpc) is 2.66. The van der Waals surface area contributed by atoms with Gasteiger partial charge in [-0.2, -0.15) is 0 Å². The Bertz CT molecular complexity index is 1030. The van der Waals surface area contributed by atoms with Gasteiger partial charge in [0.05, 0.1) is 18.2 Å². The number of carboxylic acid groups (broad SMARTS) is 1. The van der Waals surface area contributed by atoms with Gasteiger partial charge in [0.2, 0.25) is 0 Å². The number of rotatable bonds is 7. The largest absolute Gasteiger partial charge is 0.494 e. The summed E-state index contributed by atoms with van der Waals surface area (Å²) in [6, 6.07) is 13.0. The van der Waals surface area contributed by atoms with Gasteiger partial charge in [-0.1, -0.05) is 23.7 Å². The summed E-state index contributed by atoms with van der Waals surface area (Å²) in [5, 5.41) is 11.2. The molecule has 152 valence electrons. The van der Waals surface area contributed by atoms with E-state index < -0.39 is 12.1 Å². The summed E-state index contributed by atoms with van der Waals surface area (Å²) >= 11 is 6.27. The van der Waals surface area contributed by atoms with Gasteiger partial charge in [0.25, 0.3) is 0 Å². The minimum absolute atomic E-state index is 0.265. The first-order valence-corrected chi connectivity index (χ1v) is 9.90. The summed E-state index contributed by atoms with van der Waals surface area (Å²) in [6.45, 7) is 7.93. The highest BCUT2D eigenvalue weighted by molar-refractivity contribution is 6.31. The Morgan fingerprint density at radius 2 is 1.86 bits per heavy atom. The molecule has 0 saturated carbocycles. The standard InChI is InChI=1S/C23H24ClNO4/c1-5-28-17-9-6-15(7-10-17)21-18-12-16(24)8-11-19(18)25-14(4)20(21)22(23(26)27)29-13(2)3/h6-13,22H,5H2,1-4H3,(H,26,27). The van der Waals surface area contributed by atoms with Crippen molar-refractivity contribution in [2.24, 2.45) is 0 Å². The topological polar surface area (TPSA) is 68.7 Å². The average molecular weight is 414 g/mol. The molecule has 3 rings (SSSR count). The second-order valence-corrected chi connectivity index (χ2v) is 7.44. The summed E-state index contributed by atoms with van der Waals surface area (Å²) in [4.78, 5) is 16.7. The molecule has 0 spiro atoms. The van der Waals surface area contributed by atoms with Crippen LogP contribution in [0.15, 0.2) is 42.5 Å². The zero-order valence-electron chi connectivity index (χ0n) is 16.9. The molecular weight excluding hydrogens is 390 g/mol. The van der Waals surface area contributed by atoms with Gasteiger partial charge >= 0.3 is 5.97 Å². The number of carboxylic acids is 1. The number of benzene rings is 2. The van der Waals surface area contributed by atoms with Crippen molar-refractivity contribution < 1.29 is 19.4 Å². The molecule has 1 N–H and O–H groups in total. The van der Waals surface area contributed by atoms with Crippen molar-refractivity contribution in [1.29, 1.82) is 0 Å². The first-order chi connectivity index (χ1) is 13.8. The highest BCUT2D eigenvalue weighted by atomic mass is 35.5. The van der Waals surface area contributed by atoms with Crippen LogP contribution in [0, 0.1) is 6.92 Å². The van der Waals surface area contributed by atoms with Gasteiger partial charge < -0.3 is 14.6 Å². The van der Waals surface area contributed by atoms with Crippen LogP contribution in [-0.4, -0.2) is 28.8 Å². The molecule has 1 atom stereocenters. The second kappa shape index (κ2) is 8.80. The third-order valence-electron chi connectivity index (χ3n) is 4.52. The number of hydrogen-bond donors (Lipinski definition) is 1. The molecule has 29 heavy (non-hydrogen) atoms. The number of aliphatic carboxylic acids is 1. The third kappa shape index (κ3) is 4.52. The van der Waals surface area contributed by atoms with Crippen molar-refractivity contribution in [3.8, 4) is 16.9 Å². The second-order valence-electron chi connectivity index (χ2n) is 7.01. The number of carbonyl (C=O) groups is 1. The van der Waals surface area contributed by atoms with Crippen LogP contribution in [-0.2, 0) is 9.53 Å². The Hall–Kier alpha value is -2.63. The molecule has 3 aromatic rings. The molecule has 0 aliphatic heterocycles. The summed E-state index contributed by atoms with van der Waals surface area (Å²) in [5.74, 6) is -0.309. The van der Waals surface area contributed by atoms with Crippen LogP contribution < -0.4 is 4.74 Å². The van der Waals surface area contributed by atoms with Crippen molar-refractivity contribution in [2.45, 2.75) is 39.9 Å². The molecule has 0 saturated heterocycles. The lowest BCUT2D eigenvalue weighted by atomic mass is 9.91. The predicted octanol–water partition coefficient (Wildman–Crippen LogP) is 5.81. The Morgan fingerprint density at radius 1 is 1.17 bits per heavy atom. The number of halogens is 1. The van der Waals surface area contributed by atoms with E-state index in [1.807, 2.05) is 57.2 Å². The van der Waals surface area contributed by atoms with Crippen LogP contribution >= 0.6 is 11.6 Å². The first-order valence-electron chi connectivity index (χ1n) is 9.53. The fraction of sp³-hybridized carbons (Fsp3) is 0.304. The maximum atomic E-state index is 12.1. The Kier molecular flexibility index (Phi) is 6.40. The highest BCUT2D eigenvalue weighted by Crippen LogP contribution is 2.39. The molecule has 0 fully saturated rings. The van der Waals surface area contributed by atoms with Gasteiger partial charge in [0, 0.05) is 21.7 Å². The van der Waals surface area contributed by atoms with E-state index in [4.69, 9.17) is 21.1 Å². The number of pyridine rings is 1. The minimum atomic E-state index is -1.15. The molecular formula is C23H24ClNO4. The summed E-state index contributed by atoms with van der Waals surface area (Å²) in [5.41, 5.74) is 3.49. The van der Waals surface area contributed by atoms with Gasteiger partial charge in [-0.3, -0.25) is 4.98 Å². The van der Waals surface area contributed by atoms with Gasteiger partial charge in [0.1, 0.15) is 5.75 Å².